The summed E-state index contributed by atoms with van der Waals surface area (Å²) in [5, 5.41) is 3.06. The molecule has 2 rings (SSSR count). The SMILES string of the molecule is CCCC(N)c1cccc2c(Cl)cccc12. The van der Waals surface area contributed by atoms with Gasteiger partial charge in [0.25, 0.3) is 0 Å². The number of nitrogens with two attached hydrogens (primary N) is 1. The van der Waals surface area contributed by atoms with Gasteiger partial charge in [-0.05, 0) is 23.4 Å². The van der Waals surface area contributed by atoms with E-state index >= 15 is 0 Å². The van der Waals surface area contributed by atoms with E-state index in [0.29, 0.717) is 0 Å². The highest BCUT2D eigenvalue weighted by Crippen LogP contribution is 2.29. The summed E-state index contributed by atoms with van der Waals surface area (Å²) in [7, 11) is 0. The van der Waals surface area contributed by atoms with Gasteiger partial charge in [-0.15, -0.1) is 0 Å². The molecule has 0 saturated carbocycles. The molecule has 0 spiro atoms. The maximum Gasteiger partial charge on any atom is 0.0484 e. The Bertz CT molecular complexity index is 493. The van der Waals surface area contributed by atoms with Crippen LogP contribution < -0.4 is 5.73 Å². The molecule has 0 saturated heterocycles. The molecule has 2 aromatic carbocycles. The molecule has 1 unspecified atom stereocenters. The van der Waals surface area contributed by atoms with E-state index < -0.39 is 0 Å². The number of benzene rings is 2. The molecule has 0 heterocycles. The first kappa shape index (κ1) is 11.4. The van der Waals surface area contributed by atoms with Crippen molar-refractivity contribution < 1.29 is 0 Å². The lowest BCUT2D eigenvalue weighted by Crippen LogP contribution is -2.10. The smallest absolute Gasteiger partial charge is 0.0484 e. The second-order valence-corrected chi connectivity index (χ2v) is 4.48. The number of fused-ring (bicyclic) bond motifs is 1. The van der Waals surface area contributed by atoms with E-state index in [4.69, 9.17) is 17.3 Å². The van der Waals surface area contributed by atoms with Crippen LogP contribution in [0.25, 0.3) is 10.8 Å². The van der Waals surface area contributed by atoms with Crippen molar-refractivity contribution in [2.45, 2.75) is 25.8 Å². The Morgan fingerprint density at radius 2 is 1.81 bits per heavy atom. The van der Waals surface area contributed by atoms with E-state index in [1.54, 1.807) is 0 Å². The second kappa shape index (κ2) is 4.86. The predicted octanol–water partition coefficient (Wildman–Crippen LogP) is 4.29. The maximum atomic E-state index is 6.18. The third kappa shape index (κ3) is 2.06. The molecule has 0 fully saturated rings. The molecule has 2 heteroatoms. The first-order valence-corrected chi connectivity index (χ1v) is 6.04. The summed E-state index contributed by atoms with van der Waals surface area (Å²) in [4.78, 5) is 0. The van der Waals surface area contributed by atoms with Gasteiger partial charge in [-0.3, -0.25) is 0 Å². The van der Waals surface area contributed by atoms with E-state index in [0.717, 1.165) is 23.3 Å². The lowest BCUT2D eigenvalue weighted by molar-refractivity contribution is 0.642. The number of hydrogen-bond acceptors (Lipinski definition) is 1. The summed E-state index contributed by atoms with van der Waals surface area (Å²) in [6.07, 6.45) is 2.10. The fourth-order valence-corrected chi connectivity index (χ4v) is 2.32. The van der Waals surface area contributed by atoms with E-state index in [1.807, 2.05) is 24.3 Å². The highest BCUT2D eigenvalue weighted by Gasteiger charge is 2.09. The minimum Gasteiger partial charge on any atom is -0.324 e. The van der Waals surface area contributed by atoms with Crippen LogP contribution in [0.1, 0.15) is 31.4 Å². The number of rotatable bonds is 3. The zero-order valence-corrected chi connectivity index (χ0v) is 10.2. The average Bonchev–Trinajstić information content (AvgIpc) is 2.29. The Morgan fingerprint density at radius 3 is 2.56 bits per heavy atom. The molecule has 1 nitrogen and oxygen atoms in total. The Labute approximate surface area is 101 Å². The highest BCUT2D eigenvalue weighted by atomic mass is 35.5. The summed E-state index contributed by atoms with van der Waals surface area (Å²) < 4.78 is 0. The van der Waals surface area contributed by atoms with Gasteiger partial charge in [-0.25, -0.2) is 0 Å². The van der Waals surface area contributed by atoms with Gasteiger partial charge >= 0.3 is 0 Å². The van der Waals surface area contributed by atoms with Crippen LogP contribution in [0.15, 0.2) is 36.4 Å². The normalized spacial score (nSPS) is 12.9. The Morgan fingerprint density at radius 1 is 1.12 bits per heavy atom. The average molecular weight is 234 g/mol. The summed E-state index contributed by atoms with van der Waals surface area (Å²) >= 11 is 6.17. The van der Waals surface area contributed by atoms with Crippen molar-refractivity contribution in [3.05, 3.63) is 47.0 Å². The van der Waals surface area contributed by atoms with Crippen molar-refractivity contribution in [3.8, 4) is 0 Å². The molecule has 0 aliphatic carbocycles. The lowest BCUT2D eigenvalue weighted by Gasteiger charge is -2.14. The second-order valence-electron chi connectivity index (χ2n) is 4.08. The number of halogens is 1. The highest BCUT2D eigenvalue weighted by molar-refractivity contribution is 6.35. The molecule has 1 atom stereocenters. The first-order valence-electron chi connectivity index (χ1n) is 5.66. The van der Waals surface area contributed by atoms with Crippen LogP contribution in [-0.2, 0) is 0 Å². The third-order valence-electron chi connectivity index (χ3n) is 2.90. The molecule has 0 aromatic heterocycles. The largest absolute Gasteiger partial charge is 0.324 e. The van der Waals surface area contributed by atoms with Crippen molar-refractivity contribution >= 4 is 22.4 Å². The van der Waals surface area contributed by atoms with Crippen molar-refractivity contribution in [1.29, 1.82) is 0 Å². The number of hydrogen-bond donors (Lipinski definition) is 1. The lowest BCUT2D eigenvalue weighted by atomic mass is 9.97. The Kier molecular flexibility index (Phi) is 3.47. The molecule has 0 radical (unpaired) electrons. The van der Waals surface area contributed by atoms with Gasteiger partial charge in [-0.1, -0.05) is 55.3 Å². The van der Waals surface area contributed by atoms with Gasteiger partial charge in [0.2, 0.25) is 0 Å². The first-order chi connectivity index (χ1) is 7.74. The summed E-state index contributed by atoms with van der Waals surface area (Å²) in [6, 6.07) is 12.3. The van der Waals surface area contributed by atoms with Crippen LogP contribution in [0.4, 0.5) is 0 Å². The van der Waals surface area contributed by atoms with Gasteiger partial charge in [-0.2, -0.15) is 0 Å². The van der Waals surface area contributed by atoms with Crippen molar-refractivity contribution in [1.82, 2.24) is 0 Å². The Hall–Kier alpha value is -1.05. The van der Waals surface area contributed by atoms with E-state index in [-0.39, 0.29) is 6.04 Å². The van der Waals surface area contributed by atoms with Gasteiger partial charge in [0.05, 0.1) is 0 Å². The standard InChI is InChI=1S/C14H16ClN/c1-2-5-14(16)12-8-3-7-11-10(12)6-4-9-13(11)15/h3-4,6-9,14H,2,5,16H2,1H3. The summed E-state index contributed by atoms with van der Waals surface area (Å²) in [6.45, 7) is 2.15. The van der Waals surface area contributed by atoms with Gasteiger partial charge in [0.1, 0.15) is 0 Å². The van der Waals surface area contributed by atoms with Crippen molar-refractivity contribution in [2.75, 3.05) is 0 Å². The minimum atomic E-state index is 0.104. The van der Waals surface area contributed by atoms with Crippen LogP contribution in [-0.4, -0.2) is 0 Å². The molecule has 0 bridgehead atoms. The monoisotopic (exact) mass is 233 g/mol. The van der Waals surface area contributed by atoms with Crippen LogP contribution in [0.5, 0.6) is 0 Å². The van der Waals surface area contributed by atoms with E-state index in [2.05, 4.69) is 19.1 Å². The molecular formula is C14H16ClN. The van der Waals surface area contributed by atoms with Crippen molar-refractivity contribution in [2.24, 2.45) is 5.73 Å². The fourth-order valence-electron chi connectivity index (χ4n) is 2.09. The summed E-state index contributed by atoms with van der Waals surface area (Å²) in [5.41, 5.74) is 7.37. The molecular weight excluding hydrogens is 218 g/mol. The summed E-state index contributed by atoms with van der Waals surface area (Å²) in [5.74, 6) is 0. The molecule has 0 aliphatic heterocycles. The Balaban J connectivity index is 2.58. The zero-order valence-electron chi connectivity index (χ0n) is 9.41. The van der Waals surface area contributed by atoms with Crippen molar-refractivity contribution in [3.63, 3.8) is 0 Å². The minimum absolute atomic E-state index is 0.104. The fraction of sp³-hybridized carbons (Fsp3) is 0.286. The molecule has 2 N–H and O–H groups in total. The molecule has 16 heavy (non-hydrogen) atoms. The van der Waals surface area contributed by atoms with E-state index in [9.17, 15) is 0 Å². The molecule has 84 valence electrons. The van der Waals surface area contributed by atoms with Crippen LogP contribution >= 0.6 is 11.6 Å². The maximum absolute atomic E-state index is 6.18. The van der Waals surface area contributed by atoms with Crippen LogP contribution in [0.2, 0.25) is 5.02 Å². The third-order valence-corrected chi connectivity index (χ3v) is 3.23. The van der Waals surface area contributed by atoms with Gasteiger partial charge < -0.3 is 5.73 Å². The van der Waals surface area contributed by atoms with Crippen LogP contribution in [0.3, 0.4) is 0 Å². The molecule has 0 aliphatic rings. The predicted molar refractivity (Wildman–Crippen MR) is 70.8 cm³/mol. The molecule has 2 aromatic rings. The molecule has 0 amide bonds. The quantitative estimate of drug-likeness (QED) is 0.841. The zero-order chi connectivity index (χ0) is 11.5. The van der Waals surface area contributed by atoms with Gasteiger partial charge in [0, 0.05) is 16.5 Å². The van der Waals surface area contributed by atoms with E-state index in [1.165, 1.54) is 10.9 Å². The van der Waals surface area contributed by atoms with Crippen LogP contribution in [0, 0.1) is 0 Å². The topological polar surface area (TPSA) is 26.0 Å². The van der Waals surface area contributed by atoms with Gasteiger partial charge in [0.15, 0.2) is 0 Å².